The van der Waals surface area contributed by atoms with Gasteiger partial charge in [-0.25, -0.2) is 0 Å². The Morgan fingerprint density at radius 3 is 2.22 bits per heavy atom. The number of hydrogen-bond acceptors (Lipinski definition) is 5. The van der Waals surface area contributed by atoms with Gasteiger partial charge in [-0.1, -0.05) is 60.1 Å². The molecule has 1 atom stereocenters. The number of hydrogen-bond donors (Lipinski definition) is 0. The molecule has 0 unspecified atom stereocenters. The zero-order chi connectivity index (χ0) is 24.7. The molecule has 36 heavy (non-hydrogen) atoms. The van der Waals surface area contributed by atoms with Crippen LogP contribution in [-0.2, 0) is 21.0 Å². The van der Waals surface area contributed by atoms with Crippen LogP contribution in [0, 0.1) is 0 Å². The highest BCUT2D eigenvalue weighted by molar-refractivity contribution is 8.02. The maximum absolute atomic E-state index is 14.2. The van der Waals surface area contributed by atoms with Gasteiger partial charge in [0, 0.05) is 49.0 Å². The Bertz CT molecular complexity index is 1280. The zero-order valence-corrected chi connectivity index (χ0v) is 21.4. The fourth-order valence-corrected chi connectivity index (χ4v) is 6.90. The van der Waals surface area contributed by atoms with Crippen molar-refractivity contribution in [1.29, 1.82) is 0 Å². The van der Waals surface area contributed by atoms with E-state index in [1.807, 2.05) is 47.4 Å². The normalized spacial score (nSPS) is 22.6. The number of fused-ring (bicyclic) bond motifs is 2. The number of benzene rings is 3. The molecule has 6 nitrogen and oxygen atoms in total. The molecule has 6 rings (SSSR count). The predicted octanol–water partition coefficient (Wildman–Crippen LogP) is 4.39. The van der Waals surface area contributed by atoms with Gasteiger partial charge in [0.05, 0.1) is 18.1 Å². The van der Waals surface area contributed by atoms with Crippen LogP contribution < -0.4 is 9.80 Å². The summed E-state index contributed by atoms with van der Waals surface area (Å²) in [5.74, 6) is 0.136. The number of anilines is 2. The van der Waals surface area contributed by atoms with Crippen molar-refractivity contribution in [2.24, 2.45) is 0 Å². The molecular formula is C28H27ClN4O2S. The third-order valence-electron chi connectivity index (χ3n) is 7.20. The van der Waals surface area contributed by atoms with Crippen molar-refractivity contribution in [3.63, 3.8) is 0 Å². The lowest BCUT2D eigenvalue weighted by molar-refractivity contribution is -0.124. The number of rotatable bonds is 5. The monoisotopic (exact) mass is 518 g/mol. The molecule has 0 radical (unpaired) electrons. The first-order valence-corrected chi connectivity index (χ1v) is 13.6. The Kier molecular flexibility index (Phi) is 6.25. The Balaban J connectivity index is 1.24. The quantitative estimate of drug-likeness (QED) is 0.501. The van der Waals surface area contributed by atoms with Gasteiger partial charge >= 0.3 is 0 Å². The van der Waals surface area contributed by atoms with Crippen LogP contribution in [0.3, 0.4) is 0 Å². The van der Waals surface area contributed by atoms with Gasteiger partial charge in [-0.3, -0.25) is 29.2 Å². The Labute approximate surface area is 220 Å². The summed E-state index contributed by atoms with van der Waals surface area (Å²) >= 11 is 7.52. The highest BCUT2D eigenvalue weighted by Crippen LogP contribution is 2.55. The molecule has 3 aromatic rings. The van der Waals surface area contributed by atoms with Gasteiger partial charge < -0.3 is 0 Å². The molecule has 0 saturated carbocycles. The van der Waals surface area contributed by atoms with E-state index >= 15 is 0 Å². The number of thioether (sulfide) groups is 1. The summed E-state index contributed by atoms with van der Waals surface area (Å²) < 4.78 is 0. The van der Waals surface area contributed by atoms with Gasteiger partial charge in [0.2, 0.25) is 10.8 Å². The minimum absolute atomic E-state index is 0.0544. The van der Waals surface area contributed by atoms with E-state index < -0.39 is 4.87 Å². The molecule has 2 saturated heterocycles. The number of carbonyl (C=O) groups excluding carboxylic acids is 2. The van der Waals surface area contributed by atoms with Crippen molar-refractivity contribution in [2.45, 2.75) is 11.4 Å². The lowest BCUT2D eigenvalue weighted by Gasteiger charge is -2.37. The molecule has 3 aromatic carbocycles. The summed E-state index contributed by atoms with van der Waals surface area (Å²) in [4.78, 5) is 34.6. The van der Waals surface area contributed by atoms with Crippen LogP contribution in [0.15, 0.2) is 78.9 Å². The smallest absolute Gasteiger partial charge is 0.269 e. The van der Waals surface area contributed by atoms with Crippen molar-refractivity contribution in [3.8, 4) is 0 Å². The summed E-state index contributed by atoms with van der Waals surface area (Å²) in [7, 11) is 0. The van der Waals surface area contributed by atoms with Gasteiger partial charge in [0.1, 0.15) is 0 Å². The Morgan fingerprint density at radius 1 is 0.806 bits per heavy atom. The van der Waals surface area contributed by atoms with E-state index in [1.54, 1.807) is 17.0 Å². The van der Waals surface area contributed by atoms with Crippen molar-refractivity contribution in [2.75, 3.05) is 48.4 Å². The maximum Gasteiger partial charge on any atom is 0.269 e. The first-order valence-electron chi connectivity index (χ1n) is 12.2. The molecule has 3 aliphatic rings. The van der Waals surface area contributed by atoms with E-state index in [1.165, 1.54) is 17.3 Å². The molecule has 3 heterocycles. The van der Waals surface area contributed by atoms with Gasteiger partial charge in [0.25, 0.3) is 5.91 Å². The van der Waals surface area contributed by atoms with Crippen molar-refractivity contribution in [3.05, 3.63) is 95.0 Å². The van der Waals surface area contributed by atoms with Gasteiger partial charge in [-0.15, -0.1) is 11.8 Å². The minimum atomic E-state index is -1.09. The molecule has 2 amide bonds. The van der Waals surface area contributed by atoms with E-state index in [9.17, 15) is 9.59 Å². The topological polar surface area (TPSA) is 47.1 Å². The predicted molar refractivity (Wildman–Crippen MR) is 145 cm³/mol. The number of amides is 2. The maximum atomic E-state index is 14.2. The molecule has 8 heteroatoms. The number of nitrogens with zero attached hydrogens (tertiary/aromatic N) is 4. The fraction of sp³-hybridized carbons (Fsp3) is 0.286. The largest absolute Gasteiger partial charge is 0.297 e. The molecule has 184 valence electrons. The highest BCUT2D eigenvalue weighted by Gasteiger charge is 2.61. The van der Waals surface area contributed by atoms with Gasteiger partial charge in [-0.2, -0.15) is 0 Å². The number of halogens is 1. The first kappa shape index (κ1) is 23.6. The van der Waals surface area contributed by atoms with E-state index in [4.69, 9.17) is 11.6 Å². The Hall–Kier alpha value is -2.84. The van der Waals surface area contributed by atoms with Crippen LogP contribution in [0.5, 0.6) is 0 Å². The van der Waals surface area contributed by atoms with Crippen LogP contribution in [-0.4, -0.2) is 60.2 Å². The average Bonchev–Trinajstić information content (AvgIpc) is 3.37. The summed E-state index contributed by atoms with van der Waals surface area (Å²) in [5, 5.41) is 0.596. The number of para-hydroxylation sites is 1. The van der Waals surface area contributed by atoms with Crippen molar-refractivity contribution < 1.29 is 9.59 Å². The standard InChI is InChI=1S/C28H27ClN4O2S/c29-22-10-12-23(13-11-22)33-26(34)19-36-28(33)24-8-4-5-9-25(24)32(27(28)35)20-31-16-14-30(15-17-31)18-21-6-2-1-3-7-21/h1-13H,14-20H2/t28-/m0/s1. The van der Waals surface area contributed by atoms with E-state index in [0.29, 0.717) is 17.4 Å². The first-order chi connectivity index (χ1) is 17.6. The van der Waals surface area contributed by atoms with Gasteiger partial charge in [-0.05, 0) is 35.9 Å². The molecule has 0 aliphatic carbocycles. The molecule has 0 N–H and O–H groups in total. The van der Waals surface area contributed by atoms with Crippen LogP contribution >= 0.6 is 23.4 Å². The molecule has 1 spiro atoms. The minimum Gasteiger partial charge on any atom is -0.297 e. The van der Waals surface area contributed by atoms with Crippen LogP contribution in [0.4, 0.5) is 11.4 Å². The van der Waals surface area contributed by atoms with E-state index in [2.05, 4.69) is 34.1 Å². The van der Waals surface area contributed by atoms with E-state index in [-0.39, 0.29) is 17.6 Å². The lowest BCUT2D eigenvalue weighted by Crippen LogP contribution is -2.54. The molecule has 3 aliphatic heterocycles. The van der Waals surface area contributed by atoms with Crippen molar-refractivity contribution in [1.82, 2.24) is 9.80 Å². The zero-order valence-electron chi connectivity index (χ0n) is 19.8. The van der Waals surface area contributed by atoms with Gasteiger partial charge in [0.15, 0.2) is 0 Å². The third-order valence-corrected chi connectivity index (χ3v) is 8.84. The summed E-state index contributed by atoms with van der Waals surface area (Å²) in [6, 6.07) is 25.6. The molecule has 0 aromatic heterocycles. The van der Waals surface area contributed by atoms with Crippen LogP contribution in [0.1, 0.15) is 11.1 Å². The summed E-state index contributed by atoms with van der Waals surface area (Å²) in [5.41, 5.74) is 3.77. The average molecular weight is 519 g/mol. The second-order valence-corrected chi connectivity index (χ2v) is 11.0. The second kappa shape index (κ2) is 9.56. The van der Waals surface area contributed by atoms with Crippen molar-refractivity contribution >= 4 is 46.6 Å². The summed E-state index contributed by atoms with van der Waals surface area (Å²) in [6.45, 7) is 5.14. The third kappa shape index (κ3) is 4.00. The molecule has 0 bridgehead atoms. The number of carbonyl (C=O) groups is 2. The second-order valence-electron chi connectivity index (χ2n) is 9.41. The number of piperazine rings is 1. The SMILES string of the molecule is O=C1CS[C@@]2(C(=O)N(CN3CCN(Cc4ccccc4)CC3)c3ccccc32)N1c1ccc(Cl)cc1. The van der Waals surface area contributed by atoms with Crippen LogP contribution in [0.25, 0.3) is 0 Å². The Morgan fingerprint density at radius 2 is 1.47 bits per heavy atom. The summed E-state index contributed by atoms with van der Waals surface area (Å²) in [6.07, 6.45) is 0. The fourth-order valence-electron chi connectivity index (χ4n) is 5.42. The lowest BCUT2D eigenvalue weighted by atomic mass is 10.0. The highest BCUT2D eigenvalue weighted by atomic mass is 35.5. The van der Waals surface area contributed by atoms with Crippen LogP contribution in [0.2, 0.25) is 5.02 Å². The molecule has 2 fully saturated rings. The molecular weight excluding hydrogens is 492 g/mol. The van der Waals surface area contributed by atoms with E-state index in [0.717, 1.165) is 44.0 Å².